The molecule has 2 aromatic heterocycles. The summed E-state index contributed by atoms with van der Waals surface area (Å²) in [5.74, 6) is 0.543. The lowest BCUT2D eigenvalue weighted by Gasteiger charge is -2.41. The van der Waals surface area contributed by atoms with Gasteiger partial charge >= 0.3 is 0 Å². The molecule has 2 N–H and O–H groups in total. The molecule has 0 bridgehead atoms. The second kappa shape index (κ2) is 8.90. The number of hydrogen-bond acceptors (Lipinski definition) is 6. The number of piperazine rings is 1. The molecule has 1 saturated heterocycles. The third-order valence-electron chi connectivity index (χ3n) is 5.41. The Morgan fingerprint density at radius 3 is 2.76 bits per heavy atom. The summed E-state index contributed by atoms with van der Waals surface area (Å²) in [5, 5.41) is 18.5. The van der Waals surface area contributed by atoms with Gasteiger partial charge in [0.2, 0.25) is 0 Å². The third-order valence-corrected chi connectivity index (χ3v) is 5.73. The molecule has 3 aromatic rings. The van der Waals surface area contributed by atoms with Crippen LogP contribution in [0.25, 0.3) is 11.5 Å². The number of nitrogens with zero attached hydrogens (tertiary/aromatic N) is 5. The lowest BCUT2D eigenvalue weighted by Crippen LogP contribution is -2.52. The SMILES string of the molecule is CC1CN(CCC(O)c2cn[nH]c2-c2ncccn2)CCN1c1ccccc1Cl. The van der Waals surface area contributed by atoms with Crippen LogP contribution in [0.2, 0.25) is 5.02 Å². The highest BCUT2D eigenvalue weighted by molar-refractivity contribution is 6.33. The van der Waals surface area contributed by atoms with E-state index in [-0.39, 0.29) is 0 Å². The molecule has 1 aromatic carbocycles. The van der Waals surface area contributed by atoms with Gasteiger partial charge in [0.1, 0.15) is 5.69 Å². The van der Waals surface area contributed by atoms with Gasteiger partial charge in [0.15, 0.2) is 5.82 Å². The molecule has 1 aliphatic heterocycles. The first-order chi connectivity index (χ1) is 14.1. The molecule has 29 heavy (non-hydrogen) atoms. The zero-order chi connectivity index (χ0) is 20.2. The van der Waals surface area contributed by atoms with E-state index in [2.05, 4.69) is 43.0 Å². The summed E-state index contributed by atoms with van der Waals surface area (Å²) in [7, 11) is 0. The summed E-state index contributed by atoms with van der Waals surface area (Å²) < 4.78 is 0. The van der Waals surface area contributed by atoms with E-state index in [1.54, 1.807) is 24.7 Å². The molecule has 1 aliphatic rings. The highest BCUT2D eigenvalue weighted by atomic mass is 35.5. The van der Waals surface area contributed by atoms with Gasteiger partial charge in [0, 0.05) is 50.2 Å². The molecular weight excluding hydrogens is 388 g/mol. The van der Waals surface area contributed by atoms with Crippen LogP contribution in [0.15, 0.2) is 48.9 Å². The number of aromatic nitrogens is 4. The van der Waals surface area contributed by atoms with Crippen LogP contribution in [0.1, 0.15) is 25.0 Å². The summed E-state index contributed by atoms with van der Waals surface area (Å²) in [6, 6.07) is 10.1. The first-order valence-electron chi connectivity index (χ1n) is 9.85. The fraction of sp³-hybridized carbons (Fsp3) is 0.381. The Hall–Kier alpha value is -2.48. The first kappa shape index (κ1) is 19.8. The Morgan fingerprint density at radius 1 is 1.21 bits per heavy atom. The van der Waals surface area contributed by atoms with E-state index in [1.165, 1.54) is 0 Å². The molecule has 4 rings (SSSR count). The largest absolute Gasteiger partial charge is 0.388 e. The number of benzene rings is 1. The third kappa shape index (κ3) is 4.42. The number of aliphatic hydroxyl groups excluding tert-OH is 1. The van der Waals surface area contributed by atoms with E-state index in [0.29, 0.717) is 24.0 Å². The van der Waals surface area contributed by atoms with Crippen molar-refractivity contribution >= 4 is 17.3 Å². The smallest absolute Gasteiger partial charge is 0.177 e. The number of hydrogen-bond donors (Lipinski definition) is 2. The maximum absolute atomic E-state index is 10.7. The molecule has 1 fully saturated rings. The van der Waals surface area contributed by atoms with Gasteiger partial charge in [-0.1, -0.05) is 23.7 Å². The minimum Gasteiger partial charge on any atom is -0.388 e. The molecule has 0 amide bonds. The van der Waals surface area contributed by atoms with Gasteiger partial charge in [-0.2, -0.15) is 5.10 Å². The van der Waals surface area contributed by atoms with E-state index in [9.17, 15) is 5.11 Å². The zero-order valence-corrected chi connectivity index (χ0v) is 17.1. The number of anilines is 1. The van der Waals surface area contributed by atoms with Crippen LogP contribution >= 0.6 is 11.6 Å². The van der Waals surface area contributed by atoms with Crippen molar-refractivity contribution in [3.05, 3.63) is 59.5 Å². The van der Waals surface area contributed by atoms with Crippen LogP contribution in [0.5, 0.6) is 0 Å². The van der Waals surface area contributed by atoms with Crippen molar-refractivity contribution in [2.45, 2.75) is 25.5 Å². The predicted molar refractivity (Wildman–Crippen MR) is 114 cm³/mol. The van der Waals surface area contributed by atoms with Crippen molar-refractivity contribution in [2.75, 3.05) is 31.1 Å². The summed E-state index contributed by atoms with van der Waals surface area (Å²) >= 11 is 6.38. The summed E-state index contributed by atoms with van der Waals surface area (Å²) in [5.41, 5.74) is 2.50. The number of halogens is 1. The lowest BCUT2D eigenvalue weighted by atomic mass is 10.1. The summed E-state index contributed by atoms with van der Waals surface area (Å²) in [4.78, 5) is 13.2. The van der Waals surface area contributed by atoms with E-state index in [0.717, 1.165) is 42.5 Å². The molecule has 7 nitrogen and oxygen atoms in total. The highest BCUT2D eigenvalue weighted by Crippen LogP contribution is 2.29. The molecule has 152 valence electrons. The molecule has 2 atom stereocenters. The Bertz CT molecular complexity index is 934. The number of aliphatic hydroxyl groups is 1. The number of nitrogens with one attached hydrogen (secondary N) is 1. The molecule has 3 heterocycles. The number of H-pyrrole nitrogens is 1. The molecule has 0 radical (unpaired) electrons. The van der Waals surface area contributed by atoms with Crippen LogP contribution in [-0.2, 0) is 0 Å². The van der Waals surface area contributed by atoms with E-state index < -0.39 is 6.10 Å². The average molecular weight is 413 g/mol. The van der Waals surface area contributed by atoms with Gasteiger partial charge in [0.05, 0.1) is 23.0 Å². The minimum absolute atomic E-state index is 0.350. The Kier molecular flexibility index (Phi) is 6.08. The van der Waals surface area contributed by atoms with E-state index in [4.69, 9.17) is 11.6 Å². The van der Waals surface area contributed by atoms with Crippen LogP contribution in [0, 0.1) is 0 Å². The Balaban J connectivity index is 1.35. The van der Waals surface area contributed by atoms with Gasteiger partial charge < -0.3 is 10.0 Å². The number of rotatable bonds is 6. The number of para-hydroxylation sites is 1. The van der Waals surface area contributed by atoms with Crippen molar-refractivity contribution in [3.8, 4) is 11.5 Å². The van der Waals surface area contributed by atoms with Gasteiger partial charge in [0.25, 0.3) is 0 Å². The second-order valence-electron chi connectivity index (χ2n) is 7.37. The Morgan fingerprint density at radius 2 is 2.00 bits per heavy atom. The van der Waals surface area contributed by atoms with Crippen molar-refractivity contribution in [2.24, 2.45) is 0 Å². The van der Waals surface area contributed by atoms with Crippen molar-refractivity contribution in [1.29, 1.82) is 0 Å². The van der Waals surface area contributed by atoms with Crippen molar-refractivity contribution in [3.63, 3.8) is 0 Å². The number of aromatic amines is 1. The highest BCUT2D eigenvalue weighted by Gasteiger charge is 2.26. The van der Waals surface area contributed by atoms with Crippen molar-refractivity contribution in [1.82, 2.24) is 25.1 Å². The molecule has 0 spiro atoms. The zero-order valence-electron chi connectivity index (χ0n) is 16.4. The van der Waals surface area contributed by atoms with E-state index >= 15 is 0 Å². The lowest BCUT2D eigenvalue weighted by molar-refractivity contribution is 0.134. The van der Waals surface area contributed by atoms with Crippen molar-refractivity contribution < 1.29 is 5.11 Å². The fourth-order valence-electron chi connectivity index (χ4n) is 3.89. The quantitative estimate of drug-likeness (QED) is 0.647. The van der Waals surface area contributed by atoms with Crippen LogP contribution in [0.4, 0.5) is 5.69 Å². The molecule has 8 heteroatoms. The normalized spacial score (nSPS) is 18.7. The summed E-state index contributed by atoms with van der Waals surface area (Å²) in [6.45, 7) is 5.80. The van der Waals surface area contributed by atoms with E-state index in [1.807, 2.05) is 18.2 Å². The van der Waals surface area contributed by atoms with Gasteiger partial charge in [-0.05, 0) is 31.5 Å². The standard InChI is InChI=1S/C21H25ClN6O/c1-15-14-27(11-12-28(15)18-6-3-2-5-17(18)22)10-7-19(29)16-13-25-26-20(16)21-23-8-4-9-24-21/h2-6,8-9,13,15,19,29H,7,10-12,14H2,1H3,(H,25,26). The molecular formula is C21H25ClN6O. The van der Waals surface area contributed by atoms with Gasteiger partial charge in [-0.15, -0.1) is 0 Å². The average Bonchev–Trinajstić information content (AvgIpc) is 3.23. The van der Waals surface area contributed by atoms with Gasteiger partial charge in [-0.25, -0.2) is 9.97 Å². The molecule has 0 saturated carbocycles. The minimum atomic E-state index is -0.621. The maximum atomic E-state index is 10.7. The molecule has 0 aliphatic carbocycles. The first-order valence-corrected chi connectivity index (χ1v) is 10.2. The van der Waals surface area contributed by atoms with Crippen LogP contribution in [-0.4, -0.2) is 62.4 Å². The topological polar surface area (TPSA) is 81.2 Å². The maximum Gasteiger partial charge on any atom is 0.177 e. The van der Waals surface area contributed by atoms with Crippen LogP contribution < -0.4 is 4.90 Å². The molecule has 2 unspecified atom stereocenters. The fourth-order valence-corrected chi connectivity index (χ4v) is 4.14. The monoisotopic (exact) mass is 412 g/mol. The van der Waals surface area contributed by atoms with Gasteiger partial charge in [-0.3, -0.25) is 10.00 Å². The summed E-state index contributed by atoms with van der Waals surface area (Å²) in [6.07, 6.45) is 5.02. The predicted octanol–water partition coefficient (Wildman–Crippen LogP) is 3.15. The second-order valence-corrected chi connectivity index (χ2v) is 7.78. The Labute approximate surface area is 175 Å². The van der Waals surface area contributed by atoms with Crippen LogP contribution in [0.3, 0.4) is 0 Å².